The van der Waals surface area contributed by atoms with Crippen LogP contribution < -0.4 is 5.32 Å². The van der Waals surface area contributed by atoms with Gasteiger partial charge in [0.15, 0.2) is 0 Å². The fourth-order valence-corrected chi connectivity index (χ4v) is 3.34. The molecule has 8 heteroatoms. The van der Waals surface area contributed by atoms with Gasteiger partial charge < -0.3 is 5.32 Å². The zero-order chi connectivity index (χ0) is 22.6. The number of nitriles is 1. The van der Waals surface area contributed by atoms with E-state index in [0.29, 0.717) is 36.3 Å². The van der Waals surface area contributed by atoms with Gasteiger partial charge in [0, 0.05) is 29.4 Å². The van der Waals surface area contributed by atoms with Gasteiger partial charge in [-0.3, -0.25) is 0 Å². The van der Waals surface area contributed by atoms with E-state index in [2.05, 4.69) is 20.3 Å². The summed E-state index contributed by atoms with van der Waals surface area (Å²) in [5.74, 6) is 0.688. The van der Waals surface area contributed by atoms with Crippen molar-refractivity contribution in [3.8, 4) is 17.3 Å². The average Bonchev–Trinajstić information content (AvgIpc) is 2.81. The van der Waals surface area contributed by atoms with Crippen LogP contribution in [0.5, 0.6) is 0 Å². The van der Waals surface area contributed by atoms with Gasteiger partial charge >= 0.3 is 6.18 Å². The van der Waals surface area contributed by atoms with Crippen molar-refractivity contribution < 1.29 is 13.2 Å². The van der Waals surface area contributed by atoms with Gasteiger partial charge in [-0.05, 0) is 42.5 Å². The van der Waals surface area contributed by atoms with E-state index in [0.717, 1.165) is 28.7 Å². The summed E-state index contributed by atoms with van der Waals surface area (Å²) in [6.07, 6.45) is -1.42. The molecule has 1 N–H and O–H groups in total. The first kappa shape index (κ1) is 21.2. The second-order valence-corrected chi connectivity index (χ2v) is 7.21. The number of pyridine rings is 1. The van der Waals surface area contributed by atoms with E-state index in [4.69, 9.17) is 0 Å². The van der Waals surface area contributed by atoms with Crippen molar-refractivity contribution in [2.75, 3.05) is 11.9 Å². The maximum absolute atomic E-state index is 13.0. The number of benzene rings is 2. The summed E-state index contributed by atoms with van der Waals surface area (Å²) in [5, 5.41) is 14.7. The van der Waals surface area contributed by atoms with Crippen LogP contribution in [0.15, 0.2) is 66.9 Å². The zero-order valence-electron chi connectivity index (χ0n) is 16.9. The summed E-state index contributed by atoms with van der Waals surface area (Å²) in [5.41, 5.74) is 0.415. The molecule has 0 aliphatic heterocycles. The normalized spacial score (nSPS) is 11.3. The average molecular weight is 433 g/mol. The van der Waals surface area contributed by atoms with Gasteiger partial charge in [0.1, 0.15) is 11.9 Å². The Balaban J connectivity index is 1.45. The number of aromatic nitrogens is 3. The smallest absolute Gasteiger partial charge is 0.370 e. The lowest BCUT2D eigenvalue weighted by atomic mass is 10.1. The summed E-state index contributed by atoms with van der Waals surface area (Å²) >= 11 is 0. The molecule has 32 heavy (non-hydrogen) atoms. The van der Waals surface area contributed by atoms with Crippen LogP contribution in [-0.4, -0.2) is 21.5 Å². The van der Waals surface area contributed by atoms with Crippen molar-refractivity contribution in [3.63, 3.8) is 0 Å². The molecular formula is C24H18F3N5. The van der Waals surface area contributed by atoms with Gasteiger partial charge in [-0.1, -0.05) is 36.4 Å². The van der Waals surface area contributed by atoms with E-state index < -0.39 is 11.7 Å². The Kier molecular flexibility index (Phi) is 5.99. The molecule has 2 aromatic heterocycles. The monoisotopic (exact) mass is 433 g/mol. The predicted octanol–water partition coefficient (Wildman–Crippen LogP) is 5.63. The Morgan fingerprint density at radius 3 is 2.53 bits per heavy atom. The number of fused-ring (bicyclic) bond motifs is 1. The lowest BCUT2D eigenvalue weighted by Crippen LogP contribution is -2.07. The van der Waals surface area contributed by atoms with Crippen LogP contribution in [0, 0.1) is 11.3 Å². The quantitative estimate of drug-likeness (QED) is 0.399. The Hall–Kier alpha value is -3.99. The Bertz CT molecular complexity index is 1290. The molecule has 4 aromatic rings. The van der Waals surface area contributed by atoms with Crippen molar-refractivity contribution in [2.45, 2.75) is 19.0 Å². The van der Waals surface area contributed by atoms with E-state index in [9.17, 15) is 18.4 Å². The number of halogens is 3. The van der Waals surface area contributed by atoms with Crippen LogP contribution in [0.4, 0.5) is 19.0 Å². The van der Waals surface area contributed by atoms with Crippen molar-refractivity contribution in [1.82, 2.24) is 15.0 Å². The number of hydrogen-bond donors (Lipinski definition) is 1. The highest BCUT2D eigenvalue weighted by molar-refractivity contribution is 5.83. The fraction of sp³-hybridized carbons (Fsp3) is 0.167. The third-order valence-corrected chi connectivity index (χ3v) is 4.91. The molecule has 0 radical (unpaired) electrons. The second kappa shape index (κ2) is 9.02. The summed E-state index contributed by atoms with van der Waals surface area (Å²) in [4.78, 5) is 12.7. The summed E-state index contributed by atoms with van der Waals surface area (Å²) in [6.45, 7) is 0.621. The first-order valence-electron chi connectivity index (χ1n) is 9.97. The fourth-order valence-electron chi connectivity index (χ4n) is 3.34. The molecule has 2 heterocycles. The molecule has 160 valence electrons. The molecule has 0 aliphatic rings. The third kappa shape index (κ3) is 5.01. The molecule has 0 unspecified atom stereocenters. The predicted molar refractivity (Wildman–Crippen MR) is 116 cm³/mol. The molecule has 0 bridgehead atoms. The van der Waals surface area contributed by atoms with E-state index in [-0.39, 0.29) is 5.82 Å². The highest BCUT2D eigenvalue weighted by Crippen LogP contribution is 2.32. The molecule has 0 atom stereocenters. The first-order valence-corrected chi connectivity index (χ1v) is 9.97. The van der Waals surface area contributed by atoms with E-state index in [1.165, 1.54) is 12.1 Å². The third-order valence-electron chi connectivity index (χ3n) is 4.91. The van der Waals surface area contributed by atoms with Crippen LogP contribution in [0.3, 0.4) is 0 Å². The first-order chi connectivity index (χ1) is 15.4. The highest BCUT2D eigenvalue weighted by atomic mass is 19.4. The van der Waals surface area contributed by atoms with Crippen LogP contribution in [-0.2, 0) is 12.6 Å². The SMILES string of the molecule is N#Cc1nc(CCCNc2cc3ccccc3cn2)cc(-c2cccc(C(F)(F)F)c2)n1. The van der Waals surface area contributed by atoms with Gasteiger partial charge in [-0.15, -0.1) is 0 Å². The largest absolute Gasteiger partial charge is 0.416 e. The Morgan fingerprint density at radius 1 is 0.938 bits per heavy atom. The molecule has 4 rings (SSSR count). The van der Waals surface area contributed by atoms with Gasteiger partial charge in [0.2, 0.25) is 5.82 Å². The minimum Gasteiger partial charge on any atom is -0.370 e. The number of aryl methyl sites for hydroxylation is 1. The van der Waals surface area contributed by atoms with E-state index in [1.807, 2.05) is 42.6 Å². The summed E-state index contributed by atoms with van der Waals surface area (Å²) in [7, 11) is 0. The maximum Gasteiger partial charge on any atom is 0.416 e. The van der Waals surface area contributed by atoms with Gasteiger partial charge in [-0.25, -0.2) is 15.0 Å². The van der Waals surface area contributed by atoms with Crippen molar-refractivity contribution in [3.05, 3.63) is 83.9 Å². The number of anilines is 1. The maximum atomic E-state index is 13.0. The number of hydrogen-bond acceptors (Lipinski definition) is 5. The number of rotatable bonds is 6. The van der Waals surface area contributed by atoms with Crippen molar-refractivity contribution >= 4 is 16.6 Å². The molecule has 0 amide bonds. The van der Waals surface area contributed by atoms with Gasteiger partial charge in [0.25, 0.3) is 0 Å². The molecular weight excluding hydrogens is 415 g/mol. The van der Waals surface area contributed by atoms with Crippen LogP contribution in [0.25, 0.3) is 22.0 Å². The number of nitrogens with one attached hydrogen (secondary N) is 1. The van der Waals surface area contributed by atoms with E-state index >= 15 is 0 Å². The zero-order valence-corrected chi connectivity index (χ0v) is 16.9. The van der Waals surface area contributed by atoms with Crippen LogP contribution in [0.2, 0.25) is 0 Å². The minimum atomic E-state index is -4.45. The lowest BCUT2D eigenvalue weighted by molar-refractivity contribution is -0.137. The van der Waals surface area contributed by atoms with Gasteiger partial charge in [-0.2, -0.15) is 18.4 Å². The number of nitrogens with zero attached hydrogens (tertiary/aromatic N) is 4. The summed E-state index contributed by atoms with van der Waals surface area (Å²) < 4.78 is 39.1. The molecule has 0 aliphatic carbocycles. The standard InChI is InChI=1S/C24H18F3N5/c25-24(26,27)19-8-3-7-17(11-19)21-13-20(31-23(14-28)32-21)9-4-10-29-22-12-16-5-1-2-6-18(16)15-30-22/h1-3,5-8,11-13,15H,4,9-10H2,(H,29,30). The van der Waals surface area contributed by atoms with Crippen LogP contribution in [0.1, 0.15) is 23.5 Å². The molecule has 0 saturated heterocycles. The molecule has 0 fully saturated rings. The van der Waals surface area contributed by atoms with Crippen LogP contribution >= 0.6 is 0 Å². The van der Waals surface area contributed by atoms with Gasteiger partial charge in [0.05, 0.1) is 11.3 Å². The topological polar surface area (TPSA) is 74.5 Å². The molecule has 0 saturated carbocycles. The lowest BCUT2D eigenvalue weighted by Gasteiger charge is -2.10. The molecule has 2 aromatic carbocycles. The number of alkyl halides is 3. The van der Waals surface area contributed by atoms with Crippen molar-refractivity contribution in [2.24, 2.45) is 0 Å². The minimum absolute atomic E-state index is 0.0703. The molecule has 5 nitrogen and oxygen atoms in total. The highest BCUT2D eigenvalue weighted by Gasteiger charge is 2.30. The van der Waals surface area contributed by atoms with E-state index in [1.54, 1.807) is 6.07 Å². The Morgan fingerprint density at radius 2 is 1.75 bits per heavy atom. The molecule has 0 spiro atoms. The second-order valence-electron chi connectivity index (χ2n) is 7.21. The summed E-state index contributed by atoms with van der Waals surface area (Å²) in [6, 6.07) is 18.3. The Labute approximate surface area is 182 Å². The van der Waals surface area contributed by atoms with Crippen molar-refractivity contribution in [1.29, 1.82) is 5.26 Å².